The molecule has 1 aromatic carbocycles. The molecule has 1 aliphatic rings. The van der Waals surface area contributed by atoms with Crippen molar-refractivity contribution in [2.75, 3.05) is 20.2 Å². The lowest BCUT2D eigenvalue weighted by atomic mass is 9.98. The van der Waals surface area contributed by atoms with Crippen molar-refractivity contribution in [3.05, 3.63) is 29.8 Å². The molecular formula is C14H20N2O4S. The van der Waals surface area contributed by atoms with Gasteiger partial charge in [0.25, 0.3) is 0 Å². The molecule has 2 rings (SSSR count). The predicted octanol–water partition coefficient (Wildman–Crippen LogP) is 1.07. The summed E-state index contributed by atoms with van der Waals surface area (Å²) in [6.07, 6.45) is 1.00. The summed E-state index contributed by atoms with van der Waals surface area (Å²) in [6.45, 7) is 2.60. The van der Waals surface area contributed by atoms with Gasteiger partial charge in [-0.05, 0) is 31.9 Å². The SMILES string of the molecule is CONC(=O)C1CCN(S(=O)(=O)c2ccc(C)cc2)CC1. The molecule has 0 saturated carbocycles. The summed E-state index contributed by atoms with van der Waals surface area (Å²) in [5.41, 5.74) is 3.32. The first-order valence-electron chi connectivity index (χ1n) is 6.85. The number of piperidine rings is 1. The molecule has 0 aromatic heterocycles. The molecule has 0 atom stereocenters. The Hall–Kier alpha value is -1.44. The second-order valence-corrected chi connectivity index (χ2v) is 7.10. The van der Waals surface area contributed by atoms with E-state index in [1.807, 2.05) is 6.92 Å². The Labute approximate surface area is 125 Å². The van der Waals surface area contributed by atoms with Crippen LogP contribution in [-0.2, 0) is 19.7 Å². The summed E-state index contributed by atoms with van der Waals surface area (Å²) >= 11 is 0. The quantitative estimate of drug-likeness (QED) is 0.844. The minimum absolute atomic E-state index is 0.190. The van der Waals surface area contributed by atoms with Crippen molar-refractivity contribution in [1.82, 2.24) is 9.79 Å². The van der Waals surface area contributed by atoms with Crippen molar-refractivity contribution < 1.29 is 18.0 Å². The molecule has 1 N–H and O–H groups in total. The Kier molecular flexibility index (Phi) is 4.97. The number of carbonyl (C=O) groups is 1. The van der Waals surface area contributed by atoms with E-state index in [0.717, 1.165) is 5.56 Å². The first-order chi connectivity index (χ1) is 9.95. The highest BCUT2D eigenvalue weighted by Crippen LogP contribution is 2.24. The van der Waals surface area contributed by atoms with E-state index in [2.05, 4.69) is 10.3 Å². The second kappa shape index (κ2) is 6.55. The van der Waals surface area contributed by atoms with Gasteiger partial charge in [0, 0.05) is 19.0 Å². The minimum atomic E-state index is -3.47. The van der Waals surface area contributed by atoms with Gasteiger partial charge in [-0.25, -0.2) is 13.9 Å². The number of amides is 1. The first-order valence-corrected chi connectivity index (χ1v) is 8.29. The number of hydrogen-bond acceptors (Lipinski definition) is 4. The number of carbonyl (C=O) groups excluding carboxylic acids is 1. The van der Waals surface area contributed by atoms with E-state index in [9.17, 15) is 13.2 Å². The van der Waals surface area contributed by atoms with Crippen molar-refractivity contribution in [2.24, 2.45) is 5.92 Å². The molecule has 1 saturated heterocycles. The van der Waals surface area contributed by atoms with Gasteiger partial charge >= 0.3 is 0 Å². The normalized spacial score (nSPS) is 17.6. The number of nitrogens with zero attached hydrogens (tertiary/aromatic N) is 1. The summed E-state index contributed by atoms with van der Waals surface area (Å²) in [4.78, 5) is 16.6. The Morgan fingerprint density at radius 2 is 1.81 bits per heavy atom. The van der Waals surface area contributed by atoms with Gasteiger partial charge in [0.1, 0.15) is 0 Å². The minimum Gasteiger partial charge on any atom is -0.277 e. The van der Waals surface area contributed by atoms with Gasteiger partial charge in [-0.2, -0.15) is 4.31 Å². The molecule has 0 unspecified atom stereocenters. The molecule has 1 heterocycles. The number of sulfonamides is 1. The fourth-order valence-electron chi connectivity index (χ4n) is 2.40. The number of hydrogen-bond donors (Lipinski definition) is 1. The number of hydroxylamine groups is 1. The van der Waals surface area contributed by atoms with Gasteiger partial charge in [0.2, 0.25) is 15.9 Å². The summed E-state index contributed by atoms with van der Waals surface area (Å²) in [5.74, 6) is -0.390. The summed E-state index contributed by atoms with van der Waals surface area (Å²) in [5, 5.41) is 0. The van der Waals surface area contributed by atoms with E-state index in [4.69, 9.17) is 0 Å². The van der Waals surface area contributed by atoms with E-state index in [-0.39, 0.29) is 11.8 Å². The molecule has 0 spiro atoms. The highest BCUT2D eigenvalue weighted by atomic mass is 32.2. The van der Waals surface area contributed by atoms with Crippen molar-refractivity contribution >= 4 is 15.9 Å². The third-order valence-corrected chi connectivity index (χ3v) is 5.60. The molecule has 1 fully saturated rings. The summed E-state index contributed by atoms with van der Waals surface area (Å²) < 4.78 is 26.4. The molecule has 0 aliphatic carbocycles. The lowest BCUT2D eigenvalue weighted by molar-refractivity contribution is -0.136. The summed E-state index contributed by atoms with van der Waals surface area (Å²) in [7, 11) is -2.09. The first kappa shape index (κ1) is 15.9. The van der Waals surface area contributed by atoms with Crippen LogP contribution in [-0.4, -0.2) is 38.8 Å². The molecular weight excluding hydrogens is 292 g/mol. The highest BCUT2D eigenvalue weighted by Gasteiger charge is 2.31. The van der Waals surface area contributed by atoms with Crippen LogP contribution in [0.25, 0.3) is 0 Å². The predicted molar refractivity (Wildman–Crippen MR) is 77.8 cm³/mol. The molecule has 6 nitrogen and oxygen atoms in total. The van der Waals surface area contributed by atoms with E-state index in [0.29, 0.717) is 30.8 Å². The van der Waals surface area contributed by atoms with Gasteiger partial charge in [0.15, 0.2) is 0 Å². The van der Waals surface area contributed by atoms with Crippen LogP contribution < -0.4 is 5.48 Å². The van der Waals surface area contributed by atoms with E-state index in [1.165, 1.54) is 11.4 Å². The molecule has 1 amide bonds. The van der Waals surface area contributed by atoms with Gasteiger partial charge < -0.3 is 0 Å². The maximum absolute atomic E-state index is 12.5. The van der Waals surface area contributed by atoms with Crippen LogP contribution in [0.2, 0.25) is 0 Å². The van der Waals surface area contributed by atoms with Crippen molar-refractivity contribution in [1.29, 1.82) is 0 Å². The van der Waals surface area contributed by atoms with Crippen LogP contribution in [0.15, 0.2) is 29.2 Å². The molecule has 7 heteroatoms. The van der Waals surface area contributed by atoms with E-state index < -0.39 is 10.0 Å². The zero-order chi connectivity index (χ0) is 15.5. The fraction of sp³-hybridized carbons (Fsp3) is 0.500. The third kappa shape index (κ3) is 3.61. The summed E-state index contributed by atoms with van der Waals surface area (Å²) in [6, 6.07) is 6.81. The maximum Gasteiger partial charge on any atom is 0.246 e. The van der Waals surface area contributed by atoms with Crippen LogP contribution in [0.1, 0.15) is 18.4 Å². The maximum atomic E-state index is 12.5. The molecule has 0 radical (unpaired) electrons. The monoisotopic (exact) mass is 312 g/mol. The molecule has 1 aromatic rings. The molecule has 21 heavy (non-hydrogen) atoms. The van der Waals surface area contributed by atoms with Crippen LogP contribution in [0.3, 0.4) is 0 Å². The third-order valence-electron chi connectivity index (χ3n) is 3.69. The van der Waals surface area contributed by atoms with E-state index in [1.54, 1.807) is 24.3 Å². The Bertz CT molecular complexity index is 590. The second-order valence-electron chi connectivity index (χ2n) is 5.16. The Morgan fingerprint density at radius 1 is 1.24 bits per heavy atom. The van der Waals surface area contributed by atoms with Crippen LogP contribution in [0.5, 0.6) is 0 Å². The average Bonchev–Trinajstić information content (AvgIpc) is 2.48. The number of benzene rings is 1. The molecule has 116 valence electrons. The van der Waals surface area contributed by atoms with Gasteiger partial charge in [0.05, 0.1) is 12.0 Å². The van der Waals surface area contributed by atoms with Gasteiger partial charge in [-0.3, -0.25) is 9.63 Å². The number of rotatable bonds is 4. The number of aryl methyl sites for hydroxylation is 1. The number of nitrogens with one attached hydrogen (secondary N) is 1. The smallest absolute Gasteiger partial charge is 0.246 e. The van der Waals surface area contributed by atoms with Crippen LogP contribution >= 0.6 is 0 Å². The average molecular weight is 312 g/mol. The standard InChI is InChI=1S/C14H20N2O4S/c1-11-3-5-13(6-4-11)21(18,19)16-9-7-12(8-10-16)14(17)15-20-2/h3-6,12H,7-10H2,1-2H3,(H,15,17). The van der Waals surface area contributed by atoms with Gasteiger partial charge in [-0.1, -0.05) is 17.7 Å². The highest BCUT2D eigenvalue weighted by molar-refractivity contribution is 7.89. The Balaban J connectivity index is 2.04. The zero-order valence-electron chi connectivity index (χ0n) is 12.2. The lowest BCUT2D eigenvalue weighted by Gasteiger charge is -2.30. The largest absolute Gasteiger partial charge is 0.277 e. The molecule has 0 bridgehead atoms. The Morgan fingerprint density at radius 3 is 2.33 bits per heavy atom. The van der Waals surface area contributed by atoms with Crippen LogP contribution in [0, 0.1) is 12.8 Å². The van der Waals surface area contributed by atoms with Crippen molar-refractivity contribution in [3.63, 3.8) is 0 Å². The van der Waals surface area contributed by atoms with Crippen molar-refractivity contribution in [2.45, 2.75) is 24.7 Å². The van der Waals surface area contributed by atoms with Crippen molar-refractivity contribution in [3.8, 4) is 0 Å². The molecule has 1 aliphatic heterocycles. The van der Waals surface area contributed by atoms with Crippen LogP contribution in [0.4, 0.5) is 0 Å². The topological polar surface area (TPSA) is 75.7 Å². The lowest BCUT2D eigenvalue weighted by Crippen LogP contribution is -2.42. The zero-order valence-corrected chi connectivity index (χ0v) is 13.0. The fourth-order valence-corrected chi connectivity index (χ4v) is 3.87. The van der Waals surface area contributed by atoms with E-state index >= 15 is 0 Å². The van der Waals surface area contributed by atoms with Gasteiger partial charge in [-0.15, -0.1) is 0 Å².